The molecule has 2 N–H and O–H groups in total. The van der Waals surface area contributed by atoms with Crippen molar-refractivity contribution in [1.29, 1.82) is 0 Å². The second kappa shape index (κ2) is 5.99. The van der Waals surface area contributed by atoms with E-state index in [1.807, 2.05) is 0 Å². The lowest BCUT2D eigenvalue weighted by Gasteiger charge is -2.09. The van der Waals surface area contributed by atoms with E-state index < -0.39 is 12.1 Å². The SMILES string of the molecule is O=C(Nc1ccc(-c2noc(C(F)(F)F)n2)cc1)C1CCNC1. The monoisotopic (exact) mass is 326 g/mol. The maximum absolute atomic E-state index is 12.4. The first-order valence-electron chi connectivity index (χ1n) is 6.96. The van der Waals surface area contributed by atoms with Gasteiger partial charge in [-0.25, -0.2) is 0 Å². The second-order valence-electron chi connectivity index (χ2n) is 5.18. The molecule has 1 amide bonds. The number of amides is 1. The van der Waals surface area contributed by atoms with Crippen LogP contribution >= 0.6 is 0 Å². The lowest BCUT2D eigenvalue weighted by Crippen LogP contribution is -2.24. The summed E-state index contributed by atoms with van der Waals surface area (Å²) in [5.74, 6) is -1.70. The second-order valence-corrected chi connectivity index (χ2v) is 5.18. The molecule has 1 aromatic heterocycles. The molecule has 3 rings (SSSR count). The zero-order valence-corrected chi connectivity index (χ0v) is 11.9. The molecule has 0 bridgehead atoms. The van der Waals surface area contributed by atoms with Gasteiger partial charge in [0.1, 0.15) is 0 Å². The van der Waals surface area contributed by atoms with Crippen molar-refractivity contribution < 1.29 is 22.5 Å². The van der Waals surface area contributed by atoms with Crippen LogP contribution in [0, 0.1) is 5.92 Å². The van der Waals surface area contributed by atoms with Crippen LogP contribution in [0.4, 0.5) is 18.9 Å². The van der Waals surface area contributed by atoms with Gasteiger partial charge in [-0.3, -0.25) is 4.79 Å². The third-order valence-electron chi connectivity index (χ3n) is 3.51. The van der Waals surface area contributed by atoms with Crippen LogP contribution in [-0.4, -0.2) is 29.1 Å². The number of hydrogen-bond acceptors (Lipinski definition) is 5. The van der Waals surface area contributed by atoms with Crippen molar-refractivity contribution in [2.24, 2.45) is 5.92 Å². The highest BCUT2D eigenvalue weighted by molar-refractivity contribution is 5.93. The average Bonchev–Trinajstić information content (AvgIpc) is 3.19. The Labute approximate surface area is 129 Å². The molecule has 1 atom stereocenters. The minimum atomic E-state index is -4.67. The molecule has 2 heterocycles. The molecule has 1 unspecified atom stereocenters. The van der Waals surface area contributed by atoms with Crippen molar-refractivity contribution in [2.75, 3.05) is 18.4 Å². The molecule has 1 aliphatic heterocycles. The van der Waals surface area contributed by atoms with E-state index in [0.29, 0.717) is 17.8 Å². The van der Waals surface area contributed by atoms with Gasteiger partial charge in [-0.15, -0.1) is 0 Å². The van der Waals surface area contributed by atoms with Crippen molar-refractivity contribution >= 4 is 11.6 Å². The Bertz CT molecular complexity index is 691. The summed E-state index contributed by atoms with van der Waals surface area (Å²) in [5.41, 5.74) is 0.926. The van der Waals surface area contributed by atoms with Crippen LogP contribution in [0.25, 0.3) is 11.4 Å². The number of carbonyl (C=O) groups excluding carboxylic acids is 1. The minimum Gasteiger partial charge on any atom is -0.329 e. The maximum atomic E-state index is 12.4. The maximum Gasteiger partial charge on any atom is 0.471 e. The number of aromatic nitrogens is 2. The predicted molar refractivity (Wildman–Crippen MR) is 74.3 cm³/mol. The fraction of sp³-hybridized carbons (Fsp3) is 0.357. The summed E-state index contributed by atoms with van der Waals surface area (Å²) in [6, 6.07) is 6.21. The fourth-order valence-corrected chi connectivity index (χ4v) is 2.28. The highest BCUT2D eigenvalue weighted by Crippen LogP contribution is 2.29. The van der Waals surface area contributed by atoms with E-state index in [0.717, 1.165) is 13.0 Å². The van der Waals surface area contributed by atoms with Crippen LogP contribution < -0.4 is 10.6 Å². The summed E-state index contributed by atoms with van der Waals surface area (Å²) in [4.78, 5) is 15.3. The van der Waals surface area contributed by atoms with E-state index in [1.165, 1.54) is 12.1 Å². The molecule has 122 valence electrons. The van der Waals surface area contributed by atoms with Gasteiger partial charge in [0.15, 0.2) is 0 Å². The summed E-state index contributed by atoms with van der Waals surface area (Å²) in [6.07, 6.45) is -3.89. The topological polar surface area (TPSA) is 80.1 Å². The molecule has 1 saturated heterocycles. The first-order valence-corrected chi connectivity index (χ1v) is 6.96. The van der Waals surface area contributed by atoms with Gasteiger partial charge in [-0.2, -0.15) is 18.2 Å². The summed E-state index contributed by atoms with van der Waals surface area (Å²) >= 11 is 0. The zero-order chi connectivity index (χ0) is 16.4. The number of hydrogen-bond donors (Lipinski definition) is 2. The number of nitrogens with one attached hydrogen (secondary N) is 2. The highest BCUT2D eigenvalue weighted by atomic mass is 19.4. The van der Waals surface area contributed by atoms with Gasteiger partial charge in [0, 0.05) is 17.8 Å². The van der Waals surface area contributed by atoms with Gasteiger partial charge < -0.3 is 15.2 Å². The van der Waals surface area contributed by atoms with Crippen LogP contribution in [0.15, 0.2) is 28.8 Å². The molecule has 0 spiro atoms. The lowest BCUT2D eigenvalue weighted by atomic mass is 10.1. The normalized spacial score (nSPS) is 18.1. The first kappa shape index (κ1) is 15.5. The van der Waals surface area contributed by atoms with E-state index in [1.54, 1.807) is 12.1 Å². The smallest absolute Gasteiger partial charge is 0.329 e. The van der Waals surface area contributed by atoms with Crippen molar-refractivity contribution in [3.05, 3.63) is 30.2 Å². The Balaban J connectivity index is 1.69. The molecule has 1 fully saturated rings. The Morgan fingerprint density at radius 1 is 1.30 bits per heavy atom. The zero-order valence-electron chi connectivity index (χ0n) is 11.9. The molecule has 1 aliphatic rings. The molecular formula is C14H13F3N4O2. The Kier molecular flexibility index (Phi) is 4.03. The van der Waals surface area contributed by atoms with Gasteiger partial charge >= 0.3 is 12.1 Å². The van der Waals surface area contributed by atoms with Gasteiger partial charge in [-0.1, -0.05) is 5.16 Å². The Morgan fingerprint density at radius 2 is 2.04 bits per heavy atom. The quantitative estimate of drug-likeness (QED) is 0.905. The molecule has 2 aromatic rings. The van der Waals surface area contributed by atoms with Crippen molar-refractivity contribution in [3.63, 3.8) is 0 Å². The molecule has 0 saturated carbocycles. The molecule has 0 radical (unpaired) electrons. The predicted octanol–water partition coefficient (Wildman–Crippen LogP) is 2.30. The number of anilines is 1. The molecule has 1 aromatic carbocycles. The number of halogens is 3. The molecule has 9 heteroatoms. The third-order valence-corrected chi connectivity index (χ3v) is 3.51. The number of carbonyl (C=O) groups is 1. The van der Waals surface area contributed by atoms with E-state index in [9.17, 15) is 18.0 Å². The summed E-state index contributed by atoms with van der Waals surface area (Å²) in [6.45, 7) is 1.46. The summed E-state index contributed by atoms with van der Waals surface area (Å²) in [5, 5.41) is 9.18. The van der Waals surface area contributed by atoms with E-state index >= 15 is 0 Å². The number of rotatable bonds is 3. The van der Waals surface area contributed by atoms with Crippen LogP contribution in [0.5, 0.6) is 0 Å². The standard InChI is InChI=1S/C14H13F3N4O2/c15-14(16,17)13-20-11(21-23-13)8-1-3-10(4-2-8)19-12(22)9-5-6-18-7-9/h1-4,9,18H,5-7H2,(H,19,22). The molecule has 23 heavy (non-hydrogen) atoms. The lowest BCUT2D eigenvalue weighted by molar-refractivity contribution is -0.159. The molecule has 0 aliphatic carbocycles. The Hall–Kier alpha value is -2.42. The summed E-state index contributed by atoms with van der Waals surface area (Å²) in [7, 11) is 0. The minimum absolute atomic E-state index is 0.0683. The van der Waals surface area contributed by atoms with Gasteiger partial charge in [-0.05, 0) is 37.2 Å². The van der Waals surface area contributed by atoms with E-state index in [4.69, 9.17) is 0 Å². The average molecular weight is 326 g/mol. The van der Waals surface area contributed by atoms with Gasteiger partial charge in [0.2, 0.25) is 11.7 Å². The molecular weight excluding hydrogens is 313 g/mol. The van der Waals surface area contributed by atoms with Crippen molar-refractivity contribution in [2.45, 2.75) is 12.6 Å². The first-order chi connectivity index (χ1) is 10.9. The third kappa shape index (κ3) is 3.50. The van der Waals surface area contributed by atoms with E-state index in [2.05, 4.69) is 25.3 Å². The molecule has 6 nitrogen and oxygen atoms in total. The van der Waals surface area contributed by atoms with E-state index in [-0.39, 0.29) is 17.6 Å². The highest BCUT2D eigenvalue weighted by Gasteiger charge is 2.38. The van der Waals surface area contributed by atoms with Gasteiger partial charge in [0.25, 0.3) is 0 Å². The Morgan fingerprint density at radius 3 is 2.61 bits per heavy atom. The van der Waals surface area contributed by atoms with Crippen LogP contribution in [0.2, 0.25) is 0 Å². The summed E-state index contributed by atoms with van der Waals surface area (Å²) < 4.78 is 41.5. The largest absolute Gasteiger partial charge is 0.471 e. The van der Waals surface area contributed by atoms with Crippen LogP contribution in [0.3, 0.4) is 0 Å². The van der Waals surface area contributed by atoms with Gasteiger partial charge in [0.05, 0.1) is 5.92 Å². The van der Waals surface area contributed by atoms with Crippen molar-refractivity contribution in [1.82, 2.24) is 15.5 Å². The number of alkyl halides is 3. The van der Waals surface area contributed by atoms with Crippen LogP contribution in [-0.2, 0) is 11.0 Å². The fourth-order valence-electron chi connectivity index (χ4n) is 2.28. The number of nitrogens with zero attached hydrogens (tertiary/aromatic N) is 2. The number of benzene rings is 1. The van der Waals surface area contributed by atoms with Crippen molar-refractivity contribution in [3.8, 4) is 11.4 Å². The van der Waals surface area contributed by atoms with Crippen LogP contribution in [0.1, 0.15) is 12.3 Å².